The van der Waals surface area contributed by atoms with E-state index < -0.39 is 16.0 Å². The Morgan fingerprint density at radius 3 is 2.22 bits per heavy atom. The van der Waals surface area contributed by atoms with Crippen molar-refractivity contribution in [2.24, 2.45) is 0 Å². The highest BCUT2D eigenvalue weighted by Crippen LogP contribution is 2.18. The highest BCUT2D eigenvalue weighted by Gasteiger charge is 2.20. The molecule has 0 bridgehead atoms. The van der Waals surface area contributed by atoms with Crippen LogP contribution < -0.4 is 9.47 Å². The first kappa shape index (κ1) is 20.5. The van der Waals surface area contributed by atoms with Gasteiger partial charge >= 0.3 is 5.97 Å². The van der Waals surface area contributed by atoms with Crippen molar-refractivity contribution in [2.45, 2.75) is 4.90 Å². The molecule has 0 heterocycles. The summed E-state index contributed by atoms with van der Waals surface area (Å²) >= 11 is 0. The van der Waals surface area contributed by atoms with Crippen LogP contribution in [0.15, 0.2) is 59.5 Å². The van der Waals surface area contributed by atoms with Crippen LogP contribution in [0.2, 0.25) is 0 Å². The third-order valence-electron chi connectivity index (χ3n) is 3.74. The van der Waals surface area contributed by atoms with Crippen LogP contribution in [0, 0.1) is 0 Å². The van der Waals surface area contributed by atoms with Crippen molar-refractivity contribution in [3.63, 3.8) is 0 Å². The highest BCUT2D eigenvalue weighted by molar-refractivity contribution is 7.89. The van der Waals surface area contributed by atoms with Crippen molar-refractivity contribution >= 4 is 22.1 Å². The summed E-state index contributed by atoms with van der Waals surface area (Å²) < 4.78 is 37.0. The maximum atomic E-state index is 12.6. The second kappa shape index (κ2) is 9.20. The Labute approximate surface area is 158 Å². The Balaban J connectivity index is 1.95. The Kier molecular flexibility index (Phi) is 6.98. The first-order valence-electron chi connectivity index (χ1n) is 8.07. The van der Waals surface area contributed by atoms with E-state index in [1.165, 1.54) is 29.6 Å². The first-order chi connectivity index (χ1) is 12.8. The van der Waals surface area contributed by atoms with Gasteiger partial charge in [0.1, 0.15) is 18.1 Å². The lowest BCUT2D eigenvalue weighted by atomic mass is 10.2. The average Bonchev–Trinajstić information content (AvgIpc) is 2.67. The number of rotatable bonds is 9. The monoisotopic (exact) mass is 391 g/mol. The van der Waals surface area contributed by atoms with Crippen LogP contribution >= 0.6 is 0 Å². The maximum Gasteiger partial charge on any atom is 0.328 e. The van der Waals surface area contributed by atoms with Gasteiger partial charge in [0.05, 0.1) is 12.0 Å². The molecule has 0 fully saturated rings. The number of methoxy groups -OCH3 is 1. The third-order valence-corrected chi connectivity index (χ3v) is 5.61. The van der Waals surface area contributed by atoms with Crippen molar-refractivity contribution in [3.8, 4) is 11.5 Å². The van der Waals surface area contributed by atoms with E-state index in [0.717, 1.165) is 6.08 Å². The fourth-order valence-electron chi connectivity index (χ4n) is 2.18. The van der Waals surface area contributed by atoms with Crippen LogP contribution in [-0.2, 0) is 14.8 Å². The molecule has 27 heavy (non-hydrogen) atoms. The summed E-state index contributed by atoms with van der Waals surface area (Å²) in [4.78, 5) is 10.6. The minimum absolute atomic E-state index is 0.127. The fraction of sp³-hybridized carbons (Fsp3) is 0.211. The third kappa shape index (κ3) is 5.83. The van der Waals surface area contributed by atoms with Crippen molar-refractivity contribution in [1.82, 2.24) is 4.31 Å². The van der Waals surface area contributed by atoms with E-state index in [4.69, 9.17) is 14.6 Å². The van der Waals surface area contributed by atoms with Gasteiger partial charge in [0.2, 0.25) is 10.0 Å². The van der Waals surface area contributed by atoms with E-state index in [-0.39, 0.29) is 18.0 Å². The summed E-state index contributed by atoms with van der Waals surface area (Å²) in [5, 5.41) is 8.61. The number of nitrogens with zero attached hydrogens (tertiary/aromatic N) is 1. The summed E-state index contributed by atoms with van der Waals surface area (Å²) in [6.07, 6.45) is 2.39. The number of sulfonamides is 1. The van der Waals surface area contributed by atoms with E-state index in [2.05, 4.69) is 0 Å². The minimum Gasteiger partial charge on any atom is -0.497 e. The Morgan fingerprint density at radius 1 is 1.07 bits per heavy atom. The molecule has 0 aliphatic rings. The fourth-order valence-corrected chi connectivity index (χ4v) is 3.34. The molecular weight excluding hydrogens is 370 g/mol. The molecule has 0 radical (unpaired) electrons. The summed E-state index contributed by atoms with van der Waals surface area (Å²) in [5.41, 5.74) is 0.599. The second-order valence-corrected chi connectivity index (χ2v) is 7.64. The SMILES string of the molecule is COc1ccc(OCCN(C)S(=O)(=O)c2ccc(C=CC(=O)O)cc2)cc1. The number of carboxylic acid groups (broad SMARTS) is 1. The molecule has 0 unspecified atom stereocenters. The molecule has 2 rings (SSSR count). The summed E-state index contributed by atoms with van der Waals surface area (Å²) in [7, 11) is -0.608. The van der Waals surface area contributed by atoms with Gasteiger partial charge in [0, 0.05) is 19.7 Å². The molecule has 0 atom stereocenters. The molecule has 2 aromatic carbocycles. The molecule has 1 N–H and O–H groups in total. The van der Waals surface area contributed by atoms with Crippen molar-refractivity contribution < 1.29 is 27.8 Å². The molecule has 0 saturated carbocycles. The Bertz CT molecular complexity index is 889. The number of carboxylic acids is 1. The zero-order chi connectivity index (χ0) is 19.9. The van der Waals surface area contributed by atoms with Gasteiger partial charge in [-0.25, -0.2) is 13.2 Å². The second-order valence-electron chi connectivity index (χ2n) is 5.59. The molecule has 7 nitrogen and oxygen atoms in total. The molecule has 144 valence electrons. The maximum absolute atomic E-state index is 12.6. The van der Waals surface area contributed by atoms with E-state index >= 15 is 0 Å². The number of ether oxygens (including phenoxy) is 2. The van der Waals surface area contributed by atoms with Crippen molar-refractivity contribution in [2.75, 3.05) is 27.3 Å². The van der Waals surface area contributed by atoms with Gasteiger partial charge < -0.3 is 14.6 Å². The molecule has 2 aromatic rings. The molecule has 0 aliphatic heterocycles. The molecule has 0 amide bonds. The van der Waals surface area contributed by atoms with Crippen LogP contribution in [0.5, 0.6) is 11.5 Å². The van der Waals surface area contributed by atoms with Gasteiger partial charge in [-0.2, -0.15) is 4.31 Å². The van der Waals surface area contributed by atoms with Gasteiger partial charge in [0.15, 0.2) is 0 Å². The Hall–Kier alpha value is -2.84. The van der Waals surface area contributed by atoms with E-state index in [1.54, 1.807) is 43.5 Å². The predicted octanol–water partition coefficient (Wildman–Crippen LogP) is 2.49. The van der Waals surface area contributed by atoms with Gasteiger partial charge in [-0.3, -0.25) is 0 Å². The number of carbonyl (C=O) groups is 1. The van der Waals surface area contributed by atoms with Gasteiger partial charge in [-0.1, -0.05) is 12.1 Å². The summed E-state index contributed by atoms with van der Waals surface area (Å²) in [5.74, 6) is 0.267. The Morgan fingerprint density at radius 2 is 1.67 bits per heavy atom. The number of aliphatic carboxylic acids is 1. The van der Waals surface area contributed by atoms with Crippen molar-refractivity contribution in [3.05, 3.63) is 60.2 Å². The largest absolute Gasteiger partial charge is 0.497 e. The molecular formula is C19H21NO6S. The van der Waals surface area contributed by atoms with Gasteiger partial charge in [-0.15, -0.1) is 0 Å². The molecule has 8 heteroatoms. The predicted molar refractivity (Wildman–Crippen MR) is 101 cm³/mol. The normalized spacial score (nSPS) is 11.7. The zero-order valence-corrected chi connectivity index (χ0v) is 15.8. The first-order valence-corrected chi connectivity index (χ1v) is 9.51. The number of likely N-dealkylation sites (N-methyl/N-ethyl adjacent to an activating group) is 1. The lowest BCUT2D eigenvalue weighted by molar-refractivity contribution is -0.131. The van der Waals surface area contributed by atoms with Gasteiger partial charge in [0.25, 0.3) is 0 Å². The summed E-state index contributed by atoms with van der Waals surface area (Å²) in [6.45, 7) is 0.372. The molecule has 0 spiro atoms. The van der Waals surface area contributed by atoms with E-state index in [1.807, 2.05) is 0 Å². The lowest BCUT2D eigenvalue weighted by Crippen LogP contribution is -2.31. The van der Waals surface area contributed by atoms with Crippen LogP contribution in [0.4, 0.5) is 0 Å². The quantitative estimate of drug-likeness (QED) is 0.660. The highest BCUT2D eigenvalue weighted by atomic mass is 32.2. The number of hydrogen-bond donors (Lipinski definition) is 1. The van der Waals surface area contributed by atoms with E-state index in [9.17, 15) is 13.2 Å². The smallest absolute Gasteiger partial charge is 0.328 e. The van der Waals surface area contributed by atoms with Gasteiger partial charge in [-0.05, 0) is 48.0 Å². The molecule has 0 saturated heterocycles. The van der Waals surface area contributed by atoms with Crippen LogP contribution in [-0.4, -0.2) is 51.1 Å². The standard InChI is InChI=1S/C19H21NO6S/c1-20(13-14-26-17-8-6-16(25-2)7-9-17)27(23,24)18-10-3-15(4-11-18)5-12-19(21)22/h3-12H,13-14H2,1-2H3,(H,21,22). The number of benzene rings is 2. The van der Waals surface area contributed by atoms with Crippen molar-refractivity contribution in [1.29, 1.82) is 0 Å². The van der Waals surface area contributed by atoms with Crippen LogP contribution in [0.3, 0.4) is 0 Å². The van der Waals surface area contributed by atoms with Crippen LogP contribution in [0.1, 0.15) is 5.56 Å². The van der Waals surface area contributed by atoms with Crippen LogP contribution in [0.25, 0.3) is 6.08 Å². The minimum atomic E-state index is -3.66. The van der Waals surface area contributed by atoms with E-state index in [0.29, 0.717) is 17.1 Å². The lowest BCUT2D eigenvalue weighted by Gasteiger charge is -2.17. The zero-order valence-electron chi connectivity index (χ0n) is 15.0. The average molecular weight is 391 g/mol. The molecule has 0 aliphatic carbocycles. The number of hydrogen-bond acceptors (Lipinski definition) is 5. The summed E-state index contributed by atoms with van der Waals surface area (Å²) in [6, 6.07) is 13.0. The molecule has 0 aromatic heterocycles. The topological polar surface area (TPSA) is 93.1 Å².